The third kappa shape index (κ3) is 2.16. The zero-order valence-corrected chi connectivity index (χ0v) is 10.9. The second-order valence-corrected chi connectivity index (χ2v) is 4.24. The number of aromatic amines is 1. The second-order valence-electron chi connectivity index (χ2n) is 4.24. The number of hydrogen-bond acceptors (Lipinski definition) is 5. The van der Waals surface area contributed by atoms with Crippen molar-refractivity contribution in [1.82, 2.24) is 29.9 Å². The standard InChI is InChI=1S/C13H13N7/c1-20-8-10(6-18-20)12-7-15-11(2-3-14)13(19-12)9-4-16-17-5-9/h2-8H,14H2,1H3,(H,16,17). The maximum atomic E-state index is 5.45. The number of H-pyrrole nitrogens is 1. The van der Waals surface area contributed by atoms with Crippen molar-refractivity contribution in [1.29, 1.82) is 0 Å². The van der Waals surface area contributed by atoms with Gasteiger partial charge in [-0.1, -0.05) is 0 Å². The monoisotopic (exact) mass is 267 g/mol. The summed E-state index contributed by atoms with van der Waals surface area (Å²) < 4.78 is 1.72. The van der Waals surface area contributed by atoms with E-state index in [9.17, 15) is 0 Å². The first-order valence-corrected chi connectivity index (χ1v) is 6.01. The summed E-state index contributed by atoms with van der Waals surface area (Å²) in [6, 6.07) is 0. The van der Waals surface area contributed by atoms with Gasteiger partial charge in [-0.05, 0) is 12.3 Å². The summed E-state index contributed by atoms with van der Waals surface area (Å²) in [5, 5.41) is 10.9. The van der Waals surface area contributed by atoms with Crippen LogP contribution in [0.4, 0.5) is 0 Å². The number of nitrogens with two attached hydrogens (primary N) is 1. The summed E-state index contributed by atoms with van der Waals surface area (Å²) in [5.74, 6) is 0. The van der Waals surface area contributed by atoms with Crippen LogP contribution in [-0.2, 0) is 7.05 Å². The Kier molecular flexibility index (Phi) is 3.00. The van der Waals surface area contributed by atoms with Gasteiger partial charge in [0.15, 0.2) is 0 Å². The highest BCUT2D eigenvalue weighted by Crippen LogP contribution is 2.24. The maximum Gasteiger partial charge on any atom is 0.0998 e. The van der Waals surface area contributed by atoms with Crippen molar-refractivity contribution in [3.8, 4) is 22.5 Å². The topological polar surface area (TPSA) is 98.3 Å². The number of hydrogen-bond donors (Lipinski definition) is 2. The zero-order valence-electron chi connectivity index (χ0n) is 10.9. The highest BCUT2D eigenvalue weighted by Gasteiger charge is 2.11. The Balaban J connectivity index is 2.14. The molecule has 0 unspecified atom stereocenters. The lowest BCUT2D eigenvalue weighted by atomic mass is 10.1. The lowest BCUT2D eigenvalue weighted by Gasteiger charge is -2.04. The molecule has 0 aliphatic rings. The van der Waals surface area contributed by atoms with Gasteiger partial charge in [0, 0.05) is 30.6 Å². The first-order chi connectivity index (χ1) is 9.78. The molecule has 0 radical (unpaired) electrons. The van der Waals surface area contributed by atoms with Crippen molar-refractivity contribution in [3.05, 3.63) is 42.9 Å². The van der Waals surface area contributed by atoms with E-state index in [2.05, 4.69) is 25.3 Å². The van der Waals surface area contributed by atoms with E-state index in [1.807, 2.05) is 13.2 Å². The van der Waals surface area contributed by atoms with E-state index in [0.29, 0.717) is 5.69 Å². The fourth-order valence-corrected chi connectivity index (χ4v) is 1.90. The molecular formula is C13H13N7. The van der Waals surface area contributed by atoms with Crippen LogP contribution >= 0.6 is 0 Å². The molecule has 20 heavy (non-hydrogen) atoms. The van der Waals surface area contributed by atoms with Gasteiger partial charge in [0.25, 0.3) is 0 Å². The van der Waals surface area contributed by atoms with Crippen molar-refractivity contribution in [2.75, 3.05) is 0 Å². The van der Waals surface area contributed by atoms with Gasteiger partial charge in [0.1, 0.15) is 0 Å². The third-order valence-electron chi connectivity index (χ3n) is 2.83. The van der Waals surface area contributed by atoms with Crippen LogP contribution in [0.25, 0.3) is 28.6 Å². The zero-order chi connectivity index (χ0) is 13.9. The molecule has 7 nitrogen and oxygen atoms in total. The lowest BCUT2D eigenvalue weighted by Crippen LogP contribution is -1.95. The minimum atomic E-state index is 0.696. The molecule has 0 saturated heterocycles. The lowest BCUT2D eigenvalue weighted by molar-refractivity contribution is 0.768. The quantitative estimate of drug-likeness (QED) is 0.743. The summed E-state index contributed by atoms with van der Waals surface area (Å²) in [4.78, 5) is 9.04. The largest absolute Gasteiger partial charge is 0.405 e. The molecule has 0 bridgehead atoms. The molecule has 0 saturated carbocycles. The van der Waals surface area contributed by atoms with Crippen molar-refractivity contribution in [3.63, 3.8) is 0 Å². The maximum absolute atomic E-state index is 5.45. The Morgan fingerprint density at radius 3 is 2.80 bits per heavy atom. The van der Waals surface area contributed by atoms with Crippen LogP contribution in [0.2, 0.25) is 0 Å². The Labute approximate surface area is 115 Å². The summed E-state index contributed by atoms with van der Waals surface area (Å²) >= 11 is 0. The number of nitrogens with zero attached hydrogens (tertiary/aromatic N) is 5. The Hall–Kier alpha value is -2.96. The Morgan fingerprint density at radius 1 is 1.25 bits per heavy atom. The van der Waals surface area contributed by atoms with E-state index in [1.54, 1.807) is 35.5 Å². The molecule has 0 fully saturated rings. The SMILES string of the molecule is Cn1cc(-c2cnc(C=CN)c(-c3cn[nH]c3)n2)cn1. The highest BCUT2D eigenvalue weighted by molar-refractivity contribution is 5.71. The first-order valence-electron chi connectivity index (χ1n) is 6.01. The molecular weight excluding hydrogens is 254 g/mol. The van der Waals surface area contributed by atoms with Crippen LogP contribution < -0.4 is 5.73 Å². The molecule has 0 atom stereocenters. The molecule has 0 aliphatic carbocycles. The van der Waals surface area contributed by atoms with E-state index < -0.39 is 0 Å². The molecule has 0 amide bonds. The average Bonchev–Trinajstić information content (AvgIpc) is 3.11. The molecule has 3 rings (SSSR count). The van der Waals surface area contributed by atoms with Crippen LogP contribution in [0, 0.1) is 0 Å². The molecule has 3 N–H and O–H groups in total. The van der Waals surface area contributed by atoms with Gasteiger partial charge >= 0.3 is 0 Å². The van der Waals surface area contributed by atoms with Gasteiger partial charge in [-0.2, -0.15) is 10.2 Å². The smallest absolute Gasteiger partial charge is 0.0998 e. The highest BCUT2D eigenvalue weighted by atomic mass is 15.2. The van der Waals surface area contributed by atoms with Crippen molar-refractivity contribution < 1.29 is 0 Å². The minimum Gasteiger partial charge on any atom is -0.405 e. The molecule has 0 aromatic carbocycles. The Bertz CT molecular complexity index is 740. The van der Waals surface area contributed by atoms with E-state index in [-0.39, 0.29) is 0 Å². The van der Waals surface area contributed by atoms with Crippen molar-refractivity contribution >= 4 is 6.08 Å². The van der Waals surface area contributed by atoms with Crippen LogP contribution in [0.1, 0.15) is 5.69 Å². The predicted octanol–water partition coefficient (Wildman–Crippen LogP) is 1.20. The third-order valence-corrected chi connectivity index (χ3v) is 2.83. The van der Waals surface area contributed by atoms with Gasteiger partial charge < -0.3 is 5.73 Å². The van der Waals surface area contributed by atoms with Crippen LogP contribution in [0.3, 0.4) is 0 Å². The molecule has 100 valence electrons. The van der Waals surface area contributed by atoms with Gasteiger partial charge in [0.05, 0.1) is 35.7 Å². The summed E-state index contributed by atoms with van der Waals surface area (Å²) in [7, 11) is 1.86. The van der Waals surface area contributed by atoms with Crippen LogP contribution in [-0.4, -0.2) is 29.9 Å². The van der Waals surface area contributed by atoms with E-state index >= 15 is 0 Å². The molecule has 3 heterocycles. The van der Waals surface area contributed by atoms with Gasteiger partial charge in [-0.3, -0.25) is 14.8 Å². The van der Waals surface area contributed by atoms with Crippen molar-refractivity contribution in [2.45, 2.75) is 0 Å². The van der Waals surface area contributed by atoms with Gasteiger partial charge in [-0.25, -0.2) is 4.98 Å². The molecule has 0 aliphatic heterocycles. The summed E-state index contributed by atoms with van der Waals surface area (Å²) in [6.07, 6.45) is 12.0. The van der Waals surface area contributed by atoms with E-state index in [4.69, 9.17) is 5.73 Å². The summed E-state index contributed by atoms with van der Waals surface area (Å²) in [5.41, 5.74) is 9.39. The Morgan fingerprint density at radius 2 is 2.15 bits per heavy atom. The first kappa shape index (κ1) is 12.1. The fraction of sp³-hybridized carbons (Fsp3) is 0.0769. The van der Waals surface area contributed by atoms with E-state index in [1.165, 1.54) is 6.20 Å². The normalized spacial score (nSPS) is 11.2. The van der Waals surface area contributed by atoms with Gasteiger partial charge in [0.2, 0.25) is 0 Å². The number of aromatic nitrogens is 6. The number of aryl methyl sites for hydroxylation is 1. The van der Waals surface area contributed by atoms with Crippen LogP contribution in [0.15, 0.2) is 37.2 Å². The second kappa shape index (κ2) is 4.96. The average molecular weight is 267 g/mol. The molecule has 0 spiro atoms. The fourth-order valence-electron chi connectivity index (χ4n) is 1.90. The number of nitrogens with one attached hydrogen (secondary N) is 1. The van der Waals surface area contributed by atoms with Crippen molar-refractivity contribution in [2.24, 2.45) is 12.8 Å². The van der Waals surface area contributed by atoms with Crippen LogP contribution in [0.5, 0.6) is 0 Å². The molecule has 7 heteroatoms. The molecule has 3 aromatic rings. The predicted molar refractivity (Wildman–Crippen MR) is 75.0 cm³/mol. The minimum absolute atomic E-state index is 0.696. The molecule has 3 aromatic heterocycles. The number of rotatable bonds is 3. The summed E-state index contributed by atoms with van der Waals surface area (Å²) in [6.45, 7) is 0. The van der Waals surface area contributed by atoms with E-state index in [0.717, 1.165) is 22.5 Å². The van der Waals surface area contributed by atoms with Gasteiger partial charge in [-0.15, -0.1) is 0 Å².